The molecule has 0 saturated carbocycles. The van der Waals surface area contributed by atoms with E-state index in [1.165, 1.54) is 11.1 Å². The lowest BCUT2D eigenvalue weighted by Gasteiger charge is -2.43. The van der Waals surface area contributed by atoms with Crippen molar-refractivity contribution in [1.82, 2.24) is 20.4 Å². The van der Waals surface area contributed by atoms with Crippen LogP contribution >= 0.6 is 0 Å². The first-order valence-electron chi connectivity index (χ1n) is 9.38. The minimum Gasteiger partial charge on any atom is -0.328 e. The molecule has 26 heavy (non-hydrogen) atoms. The van der Waals surface area contributed by atoms with Gasteiger partial charge in [0.15, 0.2) is 0 Å². The van der Waals surface area contributed by atoms with Crippen molar-refractivity contribution >= 4 is 5.91 Å². The maximum Gasteiger partial charge on any atom is 0.224 e. The Morgan fingerprint density at radius 2 is 1.54 bits per heavy atom. The van der Waals surface area contributed by atoms with Crippen molar-refractivity contribution in [3.05, 3.63) is 71.8 Å². The first-order valence-corrected chi connectivity index (χ1v) is 9.38. The highest BCUT2D eigenvalue weighted by molar-refractivity contribution is 5.78. The van der Waals surface area contributed by atoms with Crippen LogP contribution in [0.15, 0.2) is 60.7 Å². The largest absolute Gasteiger partial charge is 0.328 e. The molecule has 2 N–H and O–H groups in total. The number of hydrogen-bond donors (Lipinski definition) is 2. The molecule has 0 aliphatic carbocycles. The van der Waals surface area contributed by atoms with E-state index in [1.54, 1.807) is 0 Å². The Labute approximate surface area is 155 Å². The second-order valence-corrected chi connectivity index (χ2v) is 7.10. The van der Waals surface area contributed by atoms with Crippen LogP contribution in [0, 0.1) is 0 Å². The molecule has 2 atom stereocenters. The minimum atomic E-state index is -0.0830. The molecular formula is C21H26N4O. The van der Waals surface area contributed by atoms with Gasteiger partial charge in [-0.2, -0.15) is 0 Å². The summed E-state index contributed by atoms with van der Waals surface area (Å²) >= 11 is 0. The summed E-state index contributed by atoms with van der Waals surface area (Å²) in [5.41, 5.74) is 2.53. The molecule has 0 spiro atoms. The molecule has 0 bridgehead atoms. The summed E-state index contributed by atoms with van der Waals surface area (Å²) in [6.45, 7) is 4.92. The van der Waals surface area contributed by atoms with Gasteiger partial charge in [-0.15, -0.1) is 0 Å². The van der Waals surface area contributed by atoms with Gasteiger partial charge in [0.2, 0.25) is 5.91 Å². The fourth-order valence-electron chi connectivity index (χ4n) is 3.81. The van der Waals surface area contributed by atoms with Crippen molar-refractivity contribution < 1.29 is 4.79 Å². The van der Waals surface area contributed by atoms with E-state index in [9.17, 15) is 4.79 Å². The standard InChI is InChI=1S/C21H26N4O/c26-20-15-19(18-9-5-2-6-10-18)22-21(23-20)25-13-11-24(12-14-25)16-17-7-3-1-4-8-17/h1-10,19,21-22H,11-16H2,(H,23,26). The normalized spacial score (nSPS) is 25.0. The number of benzene rings is 2. The molecule has 4 rings (SSSR count). The fraction of sp³-hybridized carbons (Fsp3) is 0.381. The van der Waals surface area contributed by atoms with Crippen LogP contribution in [0.4, 0.5) is 0 Å². The lowest BCUT2D eigenvalue weighted by Crippen LogP contribution is -2.64. The zero-order chi connectivity index (χ0) is 17.8. The summed E-state index contributed by atoms with van der Waals surface area (Å²) in [6.07, 6.45) is 0.412. The van der Waals surface area contributed by atoms with Crippen molar-refractivity contribution in [3.8, 4) is 0 Å². The van der Waals surface area contributed by atoms with Crippen molar-refractivity contribution in [1.29, 1.82) is 0 Å². The molecule has 2 aromatic carbocycles. The minimum absolute atomic E-state index is 0.0808. The molecule has 0 radical (unpaired) electrons. The molecule has 1 amide bonds. The van der Waals surface area contributed by atoms with Crippen molar-refractivity contribution in [2.24, 2.45) is 0 Å². The van der Waals surface area contributed by atoms with Gasteiger partial charge >= 0.3 is 0 Å². The number of nitrogens with zero attached hydrogens (tertiary/aromatic N) is 2. The van der Waals surface area contributed by atoms with Crippen molar-refractivity contribution in [2.75, 3.05) is 26.2 Å². The fourth-order valence-corrected chi connectivity index (χ4v) is 3.81. The van der Waals surface area contributed by atoms with Crippen LogP contribution in [0.25, 0.3) is 0 Å². The van der Waals surface area contributed by atoms with E-state index in [1.807, 2.05) is 18.2 Å². The summed E-state index contributed by atoms with van der Waals surface area (Å²) < 4.78 is 0. The number of carbonyl (C=O) groups is 1. The molecule has 2 fully saturated rings. The quantitative estimate of drug-likeness (QED) is 0.885. The van der Waals surface area contributed by atoms with E-state index in [2.05, 4.69) is 62.9 Å². The predicted octanol–water partition coefficient (Wildman–Crippen LogP) is 1.94. The van der Waals surface area contributed by atoms with Gasteiger partial charge in [-0.05, 0) is 11.1 Å². The number of carbonyl (C=O) groups excluding carboxylic acids is 1. The Balaban J connectivity index is 1.34. The summed E-state index contributed by atoms with van der Waals surface area (Å²) in [6, 6.07) is 20.9. The van der Waals surface area contributed by atoms with Crippen LogP contribution in [-0.2, 0) is 11.3 Å². The van der Waals surface area contributed by atoms with Gasteiger partial charge in [0.1, 0.15) is 6.29 Å². The Hall–Kier alpha value is -2.21. The monoisotopic (exact) mass is 350 g/mol. The van der Waals surface area contributed by atoms with Gasteiger partial charge in [0, 0.05) is 45.2 Å². The summed E-state index contributed by atoms with van der Waals surface area (Å²) in [5, 5.41) is 6.72. The molecule has 0 aromatic heterocycles. The Bertz CT molecular complexity index is 713. The molecule has 2 aliphatic rings. The van der Waals surface area contributed by atoms with Crippen LogP contribution in [0.1, 0.15) is 23.6 Å². The molecule has 2 aliphatic heterocycles. The van der Waals surface area contributed by atoms with E-state index in [-0.39, 0.29) is 18.2 Å². The smallest absolute Gasteiger partial charge is 0.224 e. The number of rotatable bonds is 4. The first-order chi connectivity index (χ1) is 12.8. The second-order valence-electron chi connectivity index (χ2n) is 7.10. The zero-order valence-electron chi connectivity index (χ0n) is 15.0. The Kier molecular flexibility index (Phi) is 5.29. The number of nitrogens with one attached hydrogen (secondary N) is 2. The maximum atomic E-state index is 12.2. The molecule has 136 valence electrons. The molecule has 2 saturated heterocycles. The third-order valence-corrected chi connectivity index (χ3v) is 5.27. The van der Waals surface area contributed by atoms with Gasteiger partial charge in [-0.25, -0.2) is 0 Å². The summed E-state index contributed by atoms with van der Waals surface area (Å²) in [7, 11) is 0. The van der Waals surface area contributed by atoms with E-state index in [0.717, 1.165) is 32.7 Å². The van der Waals surface area contributed by atoms with Gasteiger partial charge in [-0.1, -0.05) is 60.7 Å². The van der Waals surface area contributed by atoms with Gasteiger partial charge < -0.3 is 5.32 Å². The van der Waals surface area contributed by atoms with E-state index >= 15 is 0 Å². The predicted molar refractivity (Wildman–Crippen MR) is 102 cm³/mol. The first kappa shape index (κ1) is 17.2. The van der Waals surface area contributed by atoms with Crippen molar-refractivity contribution in [2.45, 2.75) is 25.3 Å². The topological polar surface area (TPSA) is 47.6 Å². The maximum absolute atomic E-state index is 12.2. The van der Waals surface area contributed by atoms with Crippen LogP contribution in [0.3, 0.4) is 0 Å². The number of amides is 1. The Morgan fingerprint density at radius 1 is 0.885 bits per heavy atom. The summed E-state index contributed by atoms with van der Waals surface area (Å²) in [4.78, 5) is 17.0. The van der Waals surface area contributed by atoms with E-state index in [4.69, 9.17) is 0 Å². The summed E-state index contributed by atoms with van der Waals surface area (Å²) in [5.74, 6) is 0.120. The lowest BCUT2D eigenvalue weighted by atomic mass is 10.0. The molecule has 2 unspecified atom stereocenters. The molecule has 5 heteroatoms. The molecular weight excluding hydrogens is 324 g/mol. The van der Waals surface area contributed by atoms with Crippen LogP contribution in [0.2, 0.25) is 0 Å². The molecule has 5 nitrogen and oxygen atoms in total. The highest BCUT2D eigenvalue weighted by Gasteiger charge is 2.32. The SMILES string of the molecule is O=C1CC(c2ccccc2)NC(N2CCN(Cc3ccccc3)CC2)N1. The van der Waals surface area contributed by atoms with Crippen LogP contribution < -0.4 is 10.6 Å². The van der Waals surface area contributed by atoms with Gasteiger partial charge in [0.25, 0.3) is 0 Å². The van der Waals surface area contributed by atoms with Crippen LogP contribution in [-0.4, -0.2) is 48.2 Å². The highest BCUT2D eigenvalue weighted by Crippen LogP contribution is 2.21. The highest BCUT2D eigenvalue weighted by atomic mass is 16.2. The van der Waals surface area contributed by atoms with E-state index < -0.39 is 0 Å². The third-order valence-electron chi connectivity index (χ3n) is 5.27. The van der Waals surface area contributed by atoms with Crippen molar-refractivity contribution in [3.63, 3.8) is 0 Å². The molecule has 2 aromatic rings. The lowest BCUT2D eigenvalue weighted by molar-refractivity contribution is -0.127. The number of hydrogen-bond acceptors (Lipinski definition) is 4. The number of piperazine rings is 1. The average Bonchev–Trinajstić information content (AvgIpc) is 2.70. The zero-order valence-corrected chi connectivity index (χ0v) is 15.0. The second kappa shape index (κ2) is 7.99. The molecule has 2 heterocycles. The Morgan fingerprint density at radius 3 is 2.23 bits per heavy atom. The van der Waals surface area contributed by atoms with Gasteiger partial charge in [0.05, 0.1) is 0 Å². The van der Waals surface area contributed by atoms with E-state index in [0.29, 0.717) is 6.42 Å². The van der Waals surface area contributed by atoms with Crippen LogP contribution in [0.5, 0.6) is 0 Å². The third kappa shape index (κ3) is 4.12. The van der Waals surface area contributed by atoms with Gasteiger partial charge in [-0.3, -0.25) is 19.9 Å². The average molecular weight is 350 g/mol.